The zero-order valence-corrected chi connectivity index (χ0v) is 11.7. The second-order valence-corrected chi connectivity index (χ2v) is 7.40. The van der Waals surface area contributed by atoms with Gasteiger partial charge in [-0.3, -0.25) is 0 Å². The molecule has 0 radical (unpaired) electrons. The number of rotatable bonds is 4. The Kier molecular flexibility index (Phi) is 4.64. The molecule has 1 N–H and O–H groups in total. The number of hydrogen-bond acceptors (Lipinski definition) is 4. The number of piperidine rings is 1. The summed E-state index contributed by atoms with van der Waals surface area (Å²) in [4.78, 5) is 0. The van der Waals surface area contributed by atoms with Gasteiger partial charge in [0.1, 0.15) is 0 Å². The van der Waals surface area contributed by atoms with Gasteiger partial charge in [-0.2, -0.15) is 0 Å². The van der Waals surface area contributed by atoms with Crippen molar-refractivity contribution in [1.82, 2.24) is 4.31 Å². The summed E-state index contributed by atoms with van der Waals surface area (Å²) in [6.45, 7) is 3.53. The lowest BCUT2D eigenvalue weighted by Gasteiger charge is -2.32. The summed E-state index contributed by atoms with van der Waals surface area (Å²) in [5.41, 5.74) is 0. The van der Waals surface area contributed by atoms with Gasteiger partial charge < -0.3 is 9.84 Å². The zero-order valence-electron chi connectivity index (χ0n) is 10.9. The normalized spacial score (nSPS) is 29.6. The molecule has 0 aromatic carbocycles. The quantitative estimate of drug-likeness (QED) is 0.816. The van der Waals surface area contributed by atoms with Gasteiger partial charge in [-0.05, 0) is 38.5 Å². The molecule has 2 aliphatic heterocycles. The maximum Gasteiger partial charge on any atom is 0.216 e. The number of ether oxygens (including phenoxy) is 1. The first-order chi connectivity index (χ1) is 8.49. The van der Waals surface area contributed by atoms with Crippen molar-refractivity contribution in [3.63, 3.8) is 0 Å². The van der Waals surface area contributed by atoms with Crippen LogP contribution in [0.2, 0.25) is 0 Å². The highest BCUT2D eigenvalue weighted by Gasteiger charge is 2.32. The highest BCUT2D eigenvalue weighted by Crippen LogP contribution is 2.24. The van der Waals surface area contributed by atoms with Crippen LogP contribution in [0, 0.1) is 5.92 Å². The Bertz CT molecular complexity index is 354. The monoisotopic (exact) mass is 277 g/mol. The van der Waals surface area contributed by atoms with Gasteiger partial charge in [0.2, 0.25) is 10.0 Å². The largest absolute Gasteiger partial charge is 0.393 e. The van der Waals surface area contributed by atoms with E-state index in [1.54, 1.807) is 11.2 Å². The number of aliphatic hydroxyl groups is 1. The summed E-state index contributed by atoms with van der Waals surface area (Å²) in [7, 11) is -3.19. The van der Waals surface area contributed by atoms with Crippen LogP contribution < -0.4 is 0 Å². The van der Waals surface area contributed by atoms with Crippen LogP contribution in [0.3, 0.4) is 0 Å². The predicted molar refractivity (Wildman–Crippen MR) is 68.7 cm³/mol. The van der Waals surface area contributed by atoms with Crippen molar-refractivity contribution in [2.24, 2.45) is 5.92 Å². The van der Waals surface area contributed by atoms with Crippen molar-refractivity contribution in [2.75, 3.05) is 25.4 Å². The lowest BCUT2D eigenvalue weighted by atomic mass is 9.93. The van der Waals surface area contributed by atoms with E-state index in [0.717, 1.165) is 25.7 Å². The standard InChI is InChI=1S/C12H23NO4S/c1-10(14)11-4-6-13(7-5-11)18(15,16)9-12-3-2-8-17-12/h10-12,14H,2-9H2,1H3. The Balaban J connectivity index is 1.87. The first kappa shape index (κ1) is 14.2. The fourth-order valence-corrected chi connectivity index (χ4v) is 4.46. The summed E-state index contributed by atoms with van der Waals surface area (Å²) in [5, 5.41) is 9.51. The molecule has 2 heterocycles. The molecule has 0 aromatic heterocycles. The number of sulfonamides is 1. The average molecular weight is 277 g/mol. The molecular weight excluding hydrogens is 254 g/mol. The van der Waals surface area contributed by atoms with Crippen molar-refractivity contribution in [2.45, 2.75) is 44.8 Å². The highest BCUT2D eigenvalue weighted by atomic mass is 32.2. The van der Waals surface area contributed by atoms with Gasteiger partial charge in [0.25, 0.3) is 0 Å². The lowest BCUT2D eigenvalue weighted by Crippen LogP contribution is -2.43. The Morgan fingerprint density at radius 3 is 2.50 bits per heavy atom. The van der Waals surface area contributed by atoms with Crippen LogP contribution in [0.15, 0.2) is 0 Å². The highest BCUT2D eigenvalue weighted by molar-refractivity contribution is 7.89. The predicted octanol–water partition coefficient (Wildman–Crippen LogP) is 0.588. The minimum Gasteiger partial charge on any atom is -0.393 e. The van der Waals surface area contributed by atoms with Crippen molar-refractivity contribution < 1.29 is 18.3 Å². The summed E-state index contributed by atoms with van der Waals surface area (Å²) in [6, 6.07) is 0. The zero-order chi connectivity index (χ0) is 13.2. The molecule has 18 heavy (non-hydrogen) atoms. The number of nitrogens with zero attached hydrogens (tertiary/aromatic N) is 1. The minimum atomic E-state index is -3.19. The van der Waals surface area contributed by atoms with Crippen LogP contribution in [-0.4, -0.2) is 55.5 Å². The molecule has 0 spiro atoms. The third kappa shape index (κ3) is 3.44. The van der Waals surface area contributed by atoms with Gasteiger partial charge in [0, 0.05) is 19.7 Å². The fourth-order valence-electron chi connectivity index (χ4n) is 2.75. The molecule has 2 rings (SSSR count). The lowest BCUT2D eigenvalue weighted by molar-refractivity contribution is 0.0901. The van der Waals surface area contributed by atoms with Crippen molar-refractivity contribution in [1.29, 1.82) is 0 Å². The summed E-state index contributed by atoms with van der Waals surface area (Å²) < 4.78 is 31.4. The molecule has 0 aromatic rings. The van der Waals surface area contributed by atoms with E-state index < -0.39 is 10.0 Å². The van der Waals surface area contributed by atoms with Crippen LogP contribution in [0.1, 0.15) is 32.6 Å². The van der Waals surface area contributed by atoms with E-state index in [1.807, 2.05) is 0 Å². The number of hydrogen-bond donors (Lipinski definition) is 1. The van der Waals surface area contributed by atoms with Crippen molar-refractivity contribution in [3.05, 3.63) is 0 Å². The minimum absolute atomic E-state index is 0.117. The smallest absolute Gasteiger partial charge is 0.216 e. The first-order valence-corrected chi connectivity index (χ1v) is 8.37. The third-order valence-electron chi connectivity index (χ3n) is 3.99. The van der Waals surface area contributed by atoms with E-state index >= 15 is 0 Å². The van der Waals surface area contributed by atoms with Gasteiger partial charge in [-0.25, -0.2) is 12.7 Å². The Morgan fingerprint density at radius 2 is 2.00 bits per heavy atom. The molecule has 2 fully saturated rings. The fraction of sp³-hybridized carbons (Fsp3) is 1.00. The molecule has 0 amide bonds. The van der Waals surface area contributed by atoms with Gasteiger partial charge in [0.05, 0.1) is 18.0 Å². The Labute approximate surface area is 109 Å². The molecule has 0 aliphatic carbocycles. The SMILES string of the molecule is CC(O)C1CCN(S(=O)(=O)CC2CCCO2)CC1. The van der Waals surface area contributed by atoms with Gasteiger partial charge in [-0.15, -0.1) is 0 Å². The molecule has 5 nitrogen and oxygen atoms in total. The summed E-state index contributed by atoms with van der Waals surface area (Å²) in [5.74, 6) is 0.353. The summed E-state index contributed by atoms with van der Waals surface area (Å²) >= 11 is 0. The topological polar surface area (TPSA) is 66.8 Å². The van der Waals surface area contributed by atoms with Crippen molar-refractivity contribution in [3.8, 4) is 0 Å². The van der Waals surface area contributed by atoms with Gasteiger partial charge in [-0.1, -0.05) is 0 Å². The van der Waals surface area contributed by atoms with Crippen LogP contribution in [-0.2, 0) is 14.8 Å². The third-order valence-corrected chi connectivity index (χ3v) is 5.94. The Morgan fingerprint density at radius 1 is 1.33 bits per heavy atom. The Hall–Kier alpha value is -0.170. The molecular formula is C12H23NO4S. The molecule has 2 unspecified atom stereocenters. The molecule has 2 aliphatic rings. The van der Waals surface area contributed by atoms with Crippen LogP contribution >= 0.6 is 0 Å². The molecule has 2 atom stereocenters. The second-order valence-electron chi connectivity index (χ2n) is 5.39. The van der Waals surface area contributed by atoms with E-state index in [1.165, 1.54) is 0 Å². The first-order valence-electron chi connectivity index (χ1n) is 6.76. The van der Waals surface area contributed by atoms with Gasteiger partial charge in [0.15, 0.2) is 0 Å². The maximum atomic E-state index is 12.2. The molecule has 6 heteroatoms. The summed E-state index contributed by atoms with van der Waals surface area (Å²) in [6.07, 6.45) is 2.86. The van der Waals surface area contributed by atoms with E-state index in [9.17, 15) is 13.5 Å². The van der Waals surface area contributed by atoms with E-state index in [-0.39, 0.29) is 23.9 Å². The number of aliphatic hydroxyl groups excluding tert-OH is 1. The van der Waals surface area contributed by atoms with Gasteiger partial charge >= 0.3 is 0 Å². The molecule has 0 saturated carbocycles. The van der Waals surface area contributed by atoms with Crippen LogP contribution in [0.5, 0.6) is 0 Å². The molecule has 2 saturated heterocycles. The van der Waals surface area contributed by atoms with Crippen LogP contribution in [0.25, 0.3) is 0 Å². The van der Waals surface area contributed by atoms with E-state index in [2.05, 4.69) is 0 Å². The maximum absolute atomic E-state index is 12.2. The average Bonchev–Trinajstić information content (AvgIpc) is 2.81. The molecule has 106 valence electrons. The molecule has 0 bridgehead atoms. The van der Waals surface area contributed by atoms with Crippen LogP contribution in [0.4, 0.5) is 0 Å². The second kappa shape index (κ2) is 5.86. The van der Waals surface area contributed by atoms with E-state index in [4.69, 9.17) is 4.74 Å². The van der Waals surface area contributed by atoms with Crippen molar-refractivity contribution >= 4 is 10.0 Å². The van der Waals surface area contributed by atoms with E-state index in [0.29, 0.717) is 19.7 Å².